The standard InChI is InChI=1S/C27H34N2/c1-19(2)22-14-11-15-23(20(3)4)26(22)29-25(24-16-9-10-17-28-24)18-27(5,6)21-12-7-8-13-21/h7-12,14-17,19-20H,13,18H2,1-6H3. The molecule has 0 N–H and O–H groups in total. The molecule has 1 aliphatic rings. The van der Waals surface area contributed by atoms with Crippen LogP contribution in [0.1, 0.15) is 83.0 Å². The number of hydrogen-bond acceptors (Lipinski definition) is 2. The summed E-state index contributed by atoms with van der Waals surface area (Å²) < 4.78 is 0. The van der Waals surface area contributed by atoms with Crippen molar-refractivity contribution in [1.82, 2.24) is 4.98 Å². The third-order valence-corrected chi connectivity index (χ3v) is 5.80. The van der Waals surface area contributed by atoms with Crippen molar-refractivity contribution in [3.05, 3.63) is 83.2 Å². The average Bonchev–Trinajstić information content (AvgIpc) is 3.23. The zero-order valence-corrected chi connectivity index (χ0v) is 18.7. The van der Waals surface area contributed by atoms with E-state index in [9.17, 15) is 0 Å². The number of allylic oxidation sites excluding steroid dienone is 4. The summed E-state index contributed by atoms with van der Waals surface area (Å²) in [6.07, 6.45) is 10.4. The van der Waals surface area contributed by atoms with Crippen molar-refractivity contribution in [2.75, 3.05) is 0 Å². The highest BCUT2D eigenvalue weighted by Crippen LogP contribution is 2.39. The van der Waals surface area contributed by atoms with E-state index >= 15 is 0 Å². The predicted octanol–water partition coefficient (Wildman–Crippen LogP) is 7.75. The summed E-state index contributed by atoms with van der Waals surface area (Å²) in [7, 11) is 0. The van der Waals surface area contributed by atoms with E-state index in [0.717, 1.165) is 29.9 Å². The average molecular weight is 387 g/mol. The summed E-state index contributed by atoms with van der Waals surface area (Å²) >= 11 is 0. The minimum absolute atomic E-state index is 0.0324. The van der Waals surface area contributed by atoms with Crippen LogP contribution in [-0.4, -0.2) is 10.7 Å². The fourth-order valence-corrected chi connectivity index (χ4v) is 3.98. The first-order valence-electron chi connectivity index (χ1n) is 10.8. The van der Waals surface area contributed by atoms with Crippen LogP contribution in [0.25, 0.3) is 0 Å². The normalized spacial score (nSPS) is 14.8. The molecule has 0 radical (unpaired) electrons. The lowest BCUT2D eigenvalue weighted by atomic mass is 9.78. The second-order valence-corrected chi connectivity index (χ2v) is 9.25. The van der Waals surface area contributed by atoms with Crippen molar-refractivity contribution >= 4 is 11.4 Å². The monoisotopic (exact) mass is 386 g/mol. The molecule has 0 bridgehead atoms. The number of pyridine rings is 1. The van der Waals surface area contributed by atoms with Gasteiger partial charge in [-0.05, 0) is 46.9 Å². The van der Waals surface area contributed by atoms with Crippen molar-refractivity contribution in [3.8, 4) is 0 Å². The van der Waals surface area contributed by atoms with Crippen LogP contribution < -0.4 is 0 Å². The van der Waals surface area contributed by atoms with Gasteiger partial charge in [0.15, 0.2) is 0 Å². The van der Waals surface area contributed by atoms with Crippen molar-refractivity contribution < 1.29 is 0 Å². The largest absolute Gasteiger partial charge is 0.255 e. The summed E-state index contributed by atoms with van der Waals surface area (Å²) in [4.78, 5) is 10.0. The number of aliphatic imine (C=N–C) groups is 1. The van der Waals surface area contributed by atoms with Crippen LogP contribution in [-0.2, 0) is 0 Å². The van der Waals surface area contributed by atoms with E-state index in [1.807, 2.05) is 12.3 Å². The summed E-state index contributed by atoms with van der Waals surface area (Å²) in [5.41, 5.74) is 7.28. The molecule has 1 heterocycles. The Morgan fingerprint density at radius 1 is 1.00 bits per heavy atom. The number of aromatic nitrogens is 1. The maximum Gasteiger partial charge on any atom is 0.0844 e. The summed E-state index contributed by atoms with van der Waals surface area (Å²) in [5, 5.41) is 0. The van der Waals surface area contributed by atoms with Crippen LogP contribution in [0.3, 0.4) is 0 Å². The fourth-order valence-electron chi connectivity index (χ4n) is 3.98. The van der Waals surface area contributed by atoms with Crippen molar-refractivity contribution in [1.29, 1.82) is 0 Å². The topological polar surface area (TPSA) is 25.2 Å². The maximum absolute atomic E-state index is 5.33. The first kappa shape index (κ1) is 21.2. The van der Waals surface area contributed by atoms with Gasteiger partial charge >= 0.3 is 0 Å². The van der Waals surface area contributed by atoms with Gasteiger partial charge in [0.05, 0.1) is 17.1 Å². The Hall–Kier alpha value is -2.48. The van der Waals surface area contributed by atoms with Crippen LogP contribution in [0.4, 0.5) is 5.69 Å². The number of hydrogen-bond donors (Lipinski definition) is 0. The zero-order valence-electron chi connectivity index (χ0n) is 18.7. The van der Waals surface area contributed by atoms with E-state index in [2.05, 4.69) is 95.1 Å². The molecule has 152 valence electrons. The minimum atomic E-state index is 0.0324. The molecular formula is C27H34N2. The smallest absolute Gasteiger partial charge is 0.0844 e. The van der Waals surface area contributed by atoms with Crippen molar-refractivity contribution in [2.45, 2.75) is 66.2 Å². The summed E-state index contributed by atoms with van der Waals surface area (Å²) in [6.45, 7) is 13.6. The molecule has 2 nitrogen and oxygen atoms in total. The van der Waals surface area contributed by atoms with Gasteiger partial charge in [-0.25, -0.2) is 0 Å². The molecule has 0 spiro atoms. The molecule has 0 unspecified atom stereocenters. The lowest BCUT2D eigenvalue weighted by molar-refractivity contribution is 0.460. The van der Waals surface area contributed by atoms with E-state index in [0.29, 0.717) is 11.8 Å². The third kappa shape index (κ3) is 4.93. The first-order chi connectivity index (χ1) is 13.8. The molecule has 0 aliphatic heterocycles. The highest BCUT2D eigenvalue weighted by Gasteiger charge is 2.27. The van der Waals surface area contributed by atoms with Gasteiger partial charge in [0.1, 0.15) is 0 Å². The number of rotatable bonds is 7. The molecule has 2 heteroatoms. The summed E-state index contributed by atoms with van der Waals surface area (Å²) in [6, 6.07) is 12.7. The lowest BCUT2D eigenvalue weighted by Gasteiger charge is -2.28. The Morgan fingerprint density at radius 2 is 1.69 bits per heavy atom. The molecule has 1 aromatic carbocycles. The molecule has 0 amide bonds. The molecule has 1 aromatic heterocycles. The van der Waals surface area contributed by atoms with Crippen LogP contribution in [0.15, 0.2) is 71.4 Å². The third-order valence-electron chi connectivity index (χ3n) is 5.80. The molecule has 0 saturated carbocycles. The quantitative estimate of drug-likeness (QED) is 0.446. The molecule has 0 fully saturated rings. The molecule has 0 saturated heterocycles. The van der Waals surface area contributed by atoms with E-state index in [1.54, 1.807) is 0 Å². The summed E-state index contributed by atoms with van der Waals surface area (Å²) in [5.74, 6) is 0.847. The Bertz CT molecular complexity index is 902. The lowest BCUT2D eigenvalue weighted by Crippen LogP contribution is -2.20. The Labute approximate surface area is 176 Å². The van der Waals surface area contributed by atoms with E-state index < -0.39 is 0 Å². The van der Waals surface area contributed by atoms with Crippen LogP contribution in [0, 0.1) is 5.41 Å². The molecule has 2 aromatic rings. The van der Waals surface area contributed by atoms with Gasteiger partial charge in [-0.1, -0.05) is 89.6 Å². The van der Waals surface area contributed by atoms with Gasteiger partial charge in [-0.2, -0.15) is 0 Å². The van der Waals surface area contributed by atoms with Crippen LogP contribution >= 0.6 is 0 Å². The minimum Gasteiger partial charge on any atom is -0.255 e. The fraction of sp³-hybridized carbons (Fsp3) is 0.407. The van der Waals surface area contributed by atoms with Gasteiger partial charge in [0.25, 0.3) is 0 Å². The van der Waals surface area contributed by atoms with Gasteiger partial charge in [0.2, 0.25) is 0 Å². The second-order valence-electron chi connectivity index (χ2n) is 9.25. The highest BCUT2D eigenvalue weighted by atomic mass is 14.8. The van der Waals surface area contributed by atoms with Crippen molar-refractivity contribution in [3.63, 3.8) is 0 Å². The number of nitrogens with zero attached hydrogens (tertiary/aromatic N) is 2. The van der Waals surface area contributed by atoms with Crippen molar-refractivity contribution in [2.24, 2.45) is 10.4 Å². The zero-order chi connectivity index (χ0) is 21.0. The van der Waals surface area contributed by atoms with Gasteiger partial charge in [0, 0.05) is 12.6 Å². The Morgan fingerprint density at radius 3 is 2.21 bits per heavy atom. The first-order valence-corrected chi connectivity index (χ1v) is 10.8. The number of para-hydroxylation sites is 1. The highest BCUT2D eigenvalue weighted by molar-refractivity contribution is 6.01. The number of benzene rings is 1. The second kappa shape index (κ2) is 8.90. The predicted molar refractivity (Wildman–Crippen MR) is 125 cm³/mol. The molecule has 29 heavy (non-hydrogen) atoms. The molecule has 1 aliphatic carbocycles. The molecular weight excluding hydrogens is 352 g/mol. The Balaban J connectivity index is 2.14. The van der Waals surface area contributed by atoms with Gasteiger partial charge < -0.3 is 0 Å². The van der Waals surface area contributed by atoms with E-state index in [-0.39, 0.29) is 5.41 Å². The van der Waals surface area contributed by atoms with Gasteiger partial charge in [-0.15, -0.1) is 0 Å². The van der Waals surface area contributed by atoms with Gasteiger partial charge in [-0.3, -0.25) is 9.98 Å². The maximum atomic E-state index is 5.33. The Kier molecular flexibility index (Phi) is 6.52. The van der Waals surface area contributed by atoms with Crippen LogP contribution in [0.5, 0.6) is 0 Å². The SMILES string of the molecule is CC(C)c1cccc(C(C)C)c1N=C(CC(C)(C)C1=CC=CC1)c1ccccn1. The molecule has 3 rings (SSSR count). The van der Waals surface area contributed by atoms with E-state index in [4.69, 9.17) is 4.99 Å². The van der Waals surface area contributed by atoms with E-state index in [1.165, 1.54) is 16.7 Å². The van der Waals surface area contributed by atoms with Crippen LogP contribution in [0.2, 0.25) is 0 Å². The molecule has 0 atom stereocenters.